The highest BCUT2D eigenvalue weighted by molar-refractivity contribution is 5.78. The number of hydrogen-bond acceptors (Lipinski definition) is 4. The summed E-state index contributed by atoms with van der Waals surface area (Å²) in [5.41, 5.74) is 11.8. The molecule has 1 aromatic rings. The number of carboxylic acid groups (broad SMARTS) is 1. The van der Waals surface area contributed by atoms with E-state index in [1.807, 2.05) is 6.07 Å². The first-order chi connectivity index (χ1) is 6.56. The molecule has 5 N–H and O–H groups in total. The van der Waals surface area contributed by atoms with Crippen molar-refractivity contribution in [2.24, 2.45) is 5.73 Å². The molecule has 1 aromatic carbocycles. The SMILES string of the molecule is N#Cc1ccc(C(N)C(=O)O)c(N)c1. The molecule has 1 atom stereocenters. The van der Waals surface area contributed by atoms with Gasteiger partial charge in [-0.25, -0.2) is 0 Å². The Balaban J connectivity index is 3.13. The van der Waals surface area contributed by atoms with E-state index in [4.69, 9.17) is 21.8 Å². The first-order valence-corrected chi connectivity index (χ1v) is 3.84. The van der Waals surface area contributed by atoms with Gasteiger partial charge in [-0.15, -0.1) is 0 Å². The molecule has 0 amide bonds. The van der Waals surface area contributed by atoms with Gasteiger partial charge in [-0.3, -0.25) is 4.79 Å². The monoisotopic (exact) mass is 191 g/mol. The van der Waals surface area contributed by atoms with Crippen LogP contribution in [0.1, 0.15) is 17.2 Å². The molecule has 0 aromatic heterocycles. The third-order valence-electron chi connectivity index (χ3n) is 1.82. The van der Waals surface area contributed by atoms with E-state index in [0.29, 0.717) is 11.1 Å². The van der Waals surface area contributed by atoms with Crippen molar-refractivity contribution < 1.29 is 9.90 Å². The van der Waals surface area contributed by atoms with Gasteiger partial charge in [0.1, 0.15) is 6.04 Å². The number of anilines is 1. The summed E-state index contributed by atoms with van der Waals surface area (Å²) in [6.07, 6.45) is 0. The standard InChI is InChI=1S/C9H9N3O2/c10-4-5-1-2-6(7(11)3-5)8(12)9(13)14/h1-3,8H,11-12H2,(H,13,14). The number of aliphatic carboxylic acids is 1. The van der Waals surface area contributed by atoms with Crippen molar-refractivity contribution in [1.82, 2.24) is 0 Å². The summed E-state index contributed by atoms with van der Waals surface area (Å²) in [7, 11) is 0. The summed E-state index contributed by atoms with van der Waals surface area (Å²) in [5.74, 6) is -1.15. The average Bonchev–Trinajstić information content (AvgIpc) is 2.16. The van der Waals surface area contributed by atoms with Crippen LogP contribution in [0.15, 0.2) is 18.2 Å². The van der Waals surface area contributed by atoms with Crippen LogP contribution in [0.25, 0.3) is 0 Å². The van der Waals surface area contributed by atoms with Crippen molar-refractivity contribution in [3.05, 3.63) is 29.3 Å². The maximum absolute atomic E-state index is 10.6. The Hall–Kier alpha value is -2.06. The minimum Gasteiger partial charge on any atom is -0.480 e. The average molecular weight is 191 g/mol. The van der Waals surface area contributed by atoms with Gasteiger partial charge in [0.05, 0.1) is 11.6 Å². The molecule has 0 saturated carbocycles. The number of nitriles is 1. The predicted octanol–water partition coefficient (Wildman–Crippen LogP) is 0.225. The fourth-order valence-electron chi connectivity index (χ4n) is 1.06. The molecule has 0 fully saturated rings. The number of hydrogen-bond donors (Lipinski definition) is 3. The van der Waals surface area contributed by atoms with Crippen LogP contribution >= 0.6 is 0 Å². The van der Waals surface area contributed by atoms with Gasteiger partial charge in [-0.2, -0.15) is 5.26 Å². The Bertz CT molecular complexity index is 409. The van der Waals surface area contributed by atoms with E-state index in [-0.39, 0.29) is 5.69 Å². The van der Waals surface area contributed by atoms with Crippen LogP contribution in [0.3, 0.4) is 0 Å². The Labute approximate surface area is 80.6 Å². The maximum atomic E-state index is 10.6. The second-order valence-corrected chi connectivity index (χ2v) is 2.77. The van der Waals surface area contributed by atoms with E-state index in [1.54, 1.807) is 0 Å². The lowest BCUT2D eigenvalue weighted by atomic mass is 10.0. The van der Waals surface area contributed by atoms with E-state index >= 15 is 0 Å². The second kappa shape index (κ2) is 3.77. The molecule has 0 aliphatic carbocycles. The van der Waals surface area contributed by atoms with Gasteiger partial charge in [0.25, 0.3) is 0 Å². The van der Waals surface area contributed by atoms with E-state index in [9.17, 15) is 4.79 Å². The maximum Gasteiger partial charge on any atom is 0.325 e. The lowest BCUT2D eigenvalue weighted by molar-refractivity contribution is -0.138. The number of carbonyl (C=O) groups is 1. The molecule has 5 heteroatoms. The normalized spacial score (nSPS) is 11.7. The van der Waals surface area contributed by atoms with E-state index in [0.717, 1.165) is 0 Å². The fourth-order valence-corrected chi connectivity index (χ4v) is 1.06. The quantitative estimate of drug-likeness (QED) is 0.579. The van der Waals surface area contributed by atoms with Gasteiger partial charge in [-0.05, 0) is 12.1 Å². The Morgan fingerprint density at radius 3 is 2.64 bits per heavy atom. The first kappa shape index (κ1) is 10.0. The Kier molecular flexibility index (Phi) is 2.70. The number of nitrogen functional groups attached to an aromatic ring is 1. The zero-order valence-electron chi connectivity index (χ0n) is 7.27. The number of benzene rings is 1. The predicted molar refractivity (Wildman–Crippen MR) is 50.1 cm³/mol. The van der Waals surface area contributed by atoms with Crippen LogP contribution < -0.4 is 11.5 Å². The highest BCUT2D eigenvalue weighted by atomic mass is 16.4. The topological polar surface area (TPSA) is 113 Å². The molecule has 1 unspecified atom stereocenters. The van der Waals surface area contributed by atoms with Crippen LogP contribution in [0.5, 0.6) is 0 Å². The van der Waals surface area contributed by atoms with E-state index in [2.05, 4.69) is 0 Å². The van der Waals surface area contributed by atoms with Gasteiger partial charge in [0.15, 0.2) is 0 Å². The molecule has 14 heavy (non-hydrogen) atoms. The van der Waals surface area contributed by atoms with Gasteiger partial charge < -0.3 is 16.6 Å². The zero-order valence-corrected chi connectivity index (χ0v) is 7.27. The van der Waals surface area contributed by atoms with Gasteiger partial charge in [0.2, 0.25) is 0 Å². The van der Waals surface area contributed by atoms with Crippen LogP contribution in [0.4, 0.5) is 5.69 Å². The minimum absolute atomic E-state index is 0.221. The van der Waals surface area contributed by atoms with E-state index in [1.165, 1.54) is 18.2 Å². The van der Waals surface area contributed by atoms with Crippen molar-refractivity contribution in [2.45, 2.75) is 6.04 Å². The summed E-state index contributed by atoms with van der Waals surface area (Å²) in [5, 5.41) is 17.2. The molecule has 0 saturated heterocycles. The molecule has 0 spiro atoms. The second-order valence-electron chi connectivity index (χ2n) is 2.77. The molecular weight excluding hydrogens is 182 g/mol. The third-order valence-corrected chi connectivity index (χ3v) is 1.82. The van der Waals surface area contributed by atoms with Crippen LogP contribution in [-0.4, -0.2) is 11.1 Å². The highest BCUT2D eigenvalue weighted by Gasteiger charge is 2.16. The van der Waals surface area contributed by atoms with Gasteiger partial charge in [-0.1, -0.05) is 6.07 Å². The molecule has 0 radical (unpaired) electrons. The summed E-state index contributed by atoms with van der Waals surface area (Å²) in [6.45, 7) is 0. The third kappa shape index (κ3) is 1.81. The molecule has 5 nitrogen and oxygen atoms in total. The molecule has 72 valence electrons. The van der Waals surface area contributed by atoms with Crippen LogP contribution in [0.2, 0.25) is 0 Å². The van der Waals surface area contributed by atoms with Gasteiger partial charge in [0, 0.05) is 11.3 Å². The summed E-state index contributed by atoms with van der Waals surface area (Å²) in [4.78, 5) is 10.6. The zero-order chi connectivity index (χ0) is 10.7. The molecule has 0 bridgehead atoms. The highest BCUT2D eigenvalue weighted by Crippen LogP contribution is 2.19. The number of rotatable bonds is 2. The number of nitrogens with two attached hydrogens (primary N) is 2. The van der Waals surface area contributed by atoms with Crippen molar-refractivity contribution in [2.75, 3.05) is 5.73 Å². The summed E-state index contributed by atoms with van der Waals surface area (Å²) in [6, 6.07) is 5.08. The molecule has 0 aliphatic heterocycles. The fraction of sp³-hybridized carbons (Fsp3) is 0.111. The van der Waals surface area contributed by atoms with Crippen molar-refractivity contribution in [3.63, 3.8) is 0 Å². The smallest absolute Gasteiger partial charge is 0.325 e. The van der Waals surface area contributed by atoms with Crippen LogP contribution in [-0.2, 0) is 4.79 Å². The first-order valence-electron chi connectivity index (χ1n) is 3.84. The minimum atomic E-state index is -1.15. The largest absolute Gasteiger partial charge is 0.480 e. The summed E-state index contributed by atoms with van der Waals surface area (Å²) >= 11 is 0. The lowest BCUT2D eigenvalue weighted by Crippen LogP contribution is -2.21. The van der Waals surface area contributed by atoms with Crippen LogP contribution in [0, 0.1) is 11.3 Å². The molecule has 1 rings (SSSR count). The Morgan fingerprint density at radius 1 is 1.57 bits per heavy atom. The molecular formula is C9H9N3O2. The van der Waals surface area contributed by atoms with Crippen molar-refractivity contribution in [3.8, 4) is 6.07 Å². The Morgan fingerprint density at radius 2 is 2.21 bits per heavy atom. The van der Waals surface area contributed by atoms with Crippen molar-refractivity contribution in [1.29, 1.82) is 5.26 Å². The van der Waals surface area contributed by atoms with E-state index < -0.39 is 12.0 Å². The number of carboxylic acids is 1. The lowest BCUT2D eigenvalue weighted by Gasteiger charge is -2.09. The molecule has 0 aliphatic rings. The summed E-state index contributed by atoms with van der Waals surface area (Å²) < 4.78 is 0. The number of nitrogens with zero attached hydrogens (tertiary/aromatic N) is 1. The van der Waals surface area contributed by atoms with Crippen molar-refractivity contribution >= 4 is 11.7 Å². The van der Waals surface area contributed by atoms with Gasteiger partial charge >= 0.3 is 5.97 Å². The molecule has 0 heterocycles.